The number of carbonyl (C=O) groups excluding carboxylic acids is 1. The molecule has 2 rings (SSSR count). The van der Waals surface area contributed by atoms with Crippen LogP contribution < -0.4 is 10.4 Å². The van der Waals surface area contributed by atoms with Gasteiger partial charge in [0.15, 0.2) is 11.3 Å². The average molecular weight is 412 g/mol. The van der Waals surface area contributed by atoms with E-state index in [1.54, 1.807) is 15.7 Å². The molecule has 1 aliphatic rings. The number of anilines is 1. The minimum Gasteiger partial charge on any atom is -0.444 e. The van der Waals surface area contributed by atoms with Crippen LogP contribution in [-0.2, 0) is 4.74 Å². The largest absolute Gasteiger partial charge is 0.444 e. The lowest BCUT2D eigenvalue weighted by Gasteiger charge is -2.36. The predicted octanol–water partition coefficient (Wildman–Crippen LogP) is 3.06. The van der Waals surface area contributed by atoms with Crippen molar-refractivity contribution in [2.75, 3.05) is 31.1 Å². The topological polar surface area (TPSA) is 74.5 Å². The van der Waals surface area contributed by atoms with Gasteiger partial charge in [0, 0.05) is 32.4 Å². The predicted molar refractivity (Wildman–Crippen MR) is 101 cm³/mol. The highest BCUT2D eigenvalue weighted by atomic mass is 79.9. The first-order valence-electron chi connectivity index (χ1n) is 8.44. The van der Waals surface area contributed by atoms with Crippen molar-refractivity contribution in [2.24, 2.45) is 0 Å². The van der Waals surface area contributed by atoms with Gasteiger partial charge in [0.25, 0.3) is 0 Å². The van der Waals surface area contributed by atoms with Crippen molar-refractivity contribution in [1.82, 2.24) is 14.5 Å². The lowest BCUT2D eigenvalue weighted by atomic mass is 10.2. The fourth-order valence-corrected chi connectivity index (χ4v) is 2.87. The summed E-state index contributed by atoms with van der Waals surface area (Å²) < 4.78 is 7.91. The first-order valence-corrected chi connectivity index (χ1v) is 9.23. The van der Waals surface area contributed by atoms with E-state index in [1.165, 1.54) is 0 Å². The molecule has 7 nitrogen and oxygen atoms in total. The fourth-order valence-electron chi connectivity index (χ4n) is 2.47. The van der Waals surface area contributed by atoms with Crippen LogP contribution >= 0.6 is 15.9 Å². The van der Waals surface area contributed by atoms with Crippen LogP contribution in [0.5, 0.6) is 0 Å². The Morgan fingerprint density at radius 2 is 2.00 bits per heavy atom. The molecule has 1 aliphatic heterocycles. The average Bonchev–Trinajstić information content (AvgIpc) is 2.53. The van der Waals surface area contributed by atoms with Crippen LogP contribution in [-0.4, -0.2) is 52.3 Å². The number of allylic oxidation sites excluding steroid dienone is 1. The fraction of sp³-hybridized carbons (Fsp3) is 0.588. The van der Waals surface area contributed by atoms with Crippen LogP contribution in [0.3, 0.4) is 0 Å². The molecule has 138 valence electrons. The summed E-state index contributed by atoms with van der Waals surface area (Å²) in [7, 11) is 0. The maximum absolute atomic E-state index is 12.2. The second-order valence-corrected chi connectivity index (χ2v) is 7.68. The van der Waals surface area contributed by atoms with Crippen LogP contribution in [0.15, 0.2) is 16.9 Å². The Hall–Kier alpha value is -1.83. The van der Waals surface area contributed by atoms with E-state index in [4.69, 9.17) is 10.1 Å². The molecule has 1 aromatic rings. The lowest BCUT2D eigenvalue weighted by molar-refractivity contribution is 0.0240. The summed E-state index contributed by atoms with van der Waals surface area (Å²) in [6.45, 7) is 9.99. The van der Waals surface area contributed by atoms with E-state index < -0.39 is 5.60 Å². The molecule has 25 heavy (non-hydrogen) atoms. The maximum atomic E-state index is 12.2. The van der Waals surface area contributed by atoms with Gasteiger partial charge >= 0.3 is 6.09 Å². The second-order valence-electron chi connectivity index (χ2n) is 6.87. The molecule has 0 saturated carbocycles. The third-order valence-corrected chi connectivity index (χ3v) is 4.28. The SMILES string of the molecule is CC/C=C\n1c(Br)cnc(N2CCN(C(=O)OC(C)(C)C)CC2)c1=N. The summed E-state index contributed by atoms with van der Waals surface area (Å²) in [5.41, 5.74) is -0.169. The molecular formula is C17H26BrN5O2. The van der Waals surface area contributed by atoms with Gasteiger partial charge in [-0.15, -0.1) is 0 Å². The maximum Gasteiger partial charge on any atom is 0.410 e. The Morgan fingerprint density at radius 1 is 1.36 bits per heavy atom. The van der Waals surface area contributed by atoms with Crippen molar-refractivity contribution >= 4 is 34.0 Å². The van der Waals surface area contributed by atoms with E-state index in [-0.39, 0.29) is 6.09 Å². The Morgan fingerprint density at radius 3 is 2.56 bits per heavy atom. The van der Waals surface area contributed by atoms with Gasteiger partial charge in [-0.3, -0.25) is 9.98 Å². The molecule has 1 amide bonds. The standard InChI is InChI=1S/C17H26BrN5O2/c1-5-6-7-23-13(18)12-20-15(14(23)19)21-8-10-22(11-9-21)16(24)25-17(2,3)4/h6-7,12,19H,5,8-11H2,1-4H3/b7-6-,19-14?. The molecule has 1 fully saturated rings. The number of hydrogen-bond donors (Lipinski definition) is 1. The van der Waals surface area contributed by atoms with Crippen molar-refractivity contribution in [1.29, 1.82) is 5.41 Å². The number of carbonyl (C=O) groups is 1. The Kier molecular flexibility index (Phi) is 6.26. The first-order chi connectivity index (χ1) is 11.7. The summed E-state index contributed by atoms with van der Waals surface area (Å²) in [6, 6.07) is 0. The van der Waals surface area contributed by atoms with E-state index in [2.05, 4.69) is 20.9 Å². The van der Waals surface area contributed by atoms with E-state index in [1.807, 2.05) is 44.9 Å². The van der Waals surface area contributed by atoms with Crippen LogP contribution in [0.1, 0.15) is 34.1 Å². The normalized spacial score (nSPS) is 15.7. The molecule has 0 atom stereocenters. The van der Waals surface area contributed by atoms with Gasteiger partial charge in [-0.25, -0.2) is 9.78 Å². The number of hydrogen-bond acceptors (Lipinski definition) is 5. The second kappa shape index (κ2) is 8.03. The molecule has 0 aromatic carbocycles. The third kappa shape index (κ3) is 5.07. The monoisotopic (exact) mass is 411 g/mol. The number of amides is 1. The minimum atomic E-state index is -0.493. The van der Waals surface area contributed by atoms with E-state index in [0.717, 1.165) is 11.0 Å². The van der Waals surface area contributed by atoms with Crippen molar-refractivity contribution < 1.29 is 9.53 Å². The van der Waals surface area contributed by atoms with Gasteiger partial charge in [-0.2, -0.15) is 0 Å². The zero-order valence-corrected chi connectivity index (χ0v) is 16.8. The number of aromatic nitrogens is 2. The van der Waals surface area contributed by atoms with E-state index >= 15 is 0 Å². The van der Waals surface area contributed by atoms with E-state index in [9.17, 15) is 4.79 Å². The summed E-state index contributed by atoms with van der Waals surface area (Å²) in [5, 5.41) is 8.43. The van der Waals surface area contributed by atoms with Crippen LogP contribution in [0, 0.1) is 5.41 Å². The molecule has 0 spiro atoms. The summed E-state index contributed by atoms with van der Waals surface area (Å²) in [4.78, 5) is 20.3. The first kappa shape index (κ1) is 19.5. The highest BCUT2D eigenvalue weighted by molar-refractivity contribution is 9.10. The van der Waals surface area contributed by atoms with Crippen molar-refractivity contribution in [3.05, 3.63) is 22.4 Å². The summed E-state index contributed by atoms with van der Waals surface area (Å²) >= 11 is 3.43. The number of halogens is 1. The zero-order valence-electron chi connectivity index (χ0n) is 15.3. The van der Waals surface area contributed by atoms with Crippen LogP contribution in [0.25, 0.3) is 6.20 Å². The number of rotatable bonds is 3. The molecular weight excluding hydrogens is 386 g/mol. The lowest BCUT2D eigenvalue weighted by Crippen LogP contribution is -2.51. The van der Waals surface area contributed by atoms with Crippen molar-refractivity contribution in [3.63, 3.8) is 0 Å². The highest BCUT2D eigenvalue weighted by Gasteiger charge is 2.27. The molecule has 8 heteroatoms. The summed E-state index contributed by atoms with van der Waals surface area (Å²) in [6.07, 6.45) is 6.17. The number of nitrogens with zero attached hydrogens (tertiary/aromatic N) is 4. The highest BCUT2D eigenvalue weighted by Crippen LogP contribution is 2.15. The van der Waals surface area contributed by atoms with Gasteiger partial charge in [0.05, 0.1) is 6.20 Å². The molecule has 0 aliphatic carbocycles. The molecule has 0 unspecified atom stereocenters. The Labute approximate surface area is 156 Å². The third-order valence-electron chi connectivity index (χ3n) is 3.70. The van der Waals surface area contributed by atoms with Crippen LogP contribution in [0.4, 0.5) is 10.6 Å². The Bertz CT molecular complexity index is 700. The van der Waals surface area contributed by atoms with Crippen molar-refractivity contribution in [2.45, 2.75) is 39.7 Å². The summed E-state index contributed by atoms with van der Waals surface area (Å²) in [5.74, 6) is 0.618. The molecule has 0 radical (unpaired) electrons. The molecule has 1 aromatic heterocycles. The smallest absolute Gasteiger partial charge is 0.410 e. The molecule has 1 N–H and O–H groups in total. The quantitative estimate of drug-likeness (QED) is 0.828. The minimum absolute atomic E-state index is 0.289. The van der Waals surface area contributed by atoms with Gasteiger partial charge in [-0.05, 0) is 43.1 Å². The van der Waals surface area contributed by atoms with Crippen molar-refractivity contribution in [3.8, 4) is 0 Å². The Balaban J connectivity index is 2.10. The van der Waals surface area contributed by atoms with E-state index in [0.29, 0.717) is 37.5 Å². The number of nitrogens with one attached hydrogen (secondary N) is 1. The van der Waals surface area contributed by atoms with Gasteiger partial charge in [0.2, 0.25) is 0 Å². The van der Waals surface area contributed by atoms with Gasteiger partial charge in [-0.1, -0.05) is 13.0 Å². The molecule has 1 saturated heterocycles. The number of ether oxygens (including phenoxy) is 1. The van der Waals surface area contributed by atoms with Gasteiger partial charge in [0.1, 0.15) is 10.2 Å². The number of piperazine rings is 1. The van der Waals surface area contributed by atoms with Crippen LogP contribution in [0.2, 0.25) is 0 Å². The van der Waals surface area contributed by atoms with Gasteiger partial charge < -0.3 is 14.5 Å². The zero-order chi connectivity index (χ0) is 18.6. The molecule has 2 heterocycles. The molecule has 0 bridgehead atoms.